The van der Waals surface area contributed by atoms with Gasteiger partial charge in [-0.05, 0) is 24.0 Å². The van der Waals surface area contributed by atoms with Gasteiger partial charge in [0.15, 0.2) is 4.34 Å². The van der Waals surface area contributed by atoms with E-state index in [4.69, 9.17) is 0 Å². The minimum absolute atomic E-state index is 0.0538. The number of amides is 1. The van der Waals surface area contributed by atoms with Crippen molar-refractivity contribution in [1.82, 2.24) is 4.98 Å². The molecular formula is C19H15F3N2OS2. The lowest BCUT2D eigenvalue weighted by molar-refractivity contribution is -0.137. The Morgan fingerprint density at radius 3 is 2.56 bits per heavy atom. The molecule has 1 aromatic heterocycles. The predicted octanol–water partition coefficient (Wildman–Crippen LogP) is 6.19. The van der Waals surface area contributed by atoms with Gasteiger partial charge in [0.1, 0.15) is 10.7 Å². The lowest BCUT2D eigenvalue weighted by atomic mass is 10.1. The monoisotopic (exact) mass is 408 g/mol. The van der Waals surface area contributed by atoms with Crippen LogP contribution in [0.3, 0.4) is 0 Å². The number of thioether (sulfide) groups is 1. The molecule has 0 saturated heterocycles. The number of alkyl halides is 3. The summed E-state index contributed by atoms with van der Waals surface area (Å²) in [6.07, 6.45) is -4.50. The molecular weight excluding hydrogens is 393 g/mol. The van der Waals surface area contributed by atoms with Gasteiger partial charge < -0.3 is 5.32 Å². The van der Waals surface area contributed by atoms with Crippen LogP contribution in [0, 0.1) is 0 Å². The molecule has 8 heteroatoms. The summed E-state index contributed by atoms with van der Waals surface area (Å²) in [5.74, 6) is 0.220. The molecule has 0 saturated carbocycles. The van der Waals surface area contributed by atoms with Gasteiger partial charge in [-0.2, -0.15) is 13.2 Å². The first-order valence-corrected chi connectivity index (χ1v) is 9.86. The normalized spacial score (nSPS) is 11.4. The highest BCUT2D eigenvalue weighted by Crippen LogP contribution is 2.38. The van der Waals surface area contributed by atoms with E-state index in [2.05, 4.69) is 10.3 Å². The van der Waals surface area contributed by atoms with Crippen molar-refractivity contribution in [2.24, 2.45) is 0 Å². The third kappa shape index (κ3) is 4.70. The fourth-order valence-corrected chi connectivity index (χ4v) is 4.33. The second-order valence-corrected chi connectivity index (χ2v) is 8.00. The van der Waals surface area contributed by atoms with Crippen LogP contribution in [0.2, 0.25) is 0 Å². The van der Waals surface area contributed by atoms with Crippen molar-refractivity contribution in [2.75, 3.05) is 11.1 Å². The van der Waals surface area contributed by atoms with Crippen molar-refractivity contribution in [3.05, 3.63) is 65.7 Å². The van der Waals surface area contributed by atoms with Crippen LogP contribution >= 0.6 is 23.1 Å². The van der Waals surface area contributed by atoms with Crippen molar-refractivity contribution in [2.45, 2.75) is 17.4 Å². The van der Waals surface area contributed by atoms with Gasteiger partial charge in [-0.3, -0.25) is 4.79 Å². The molecule has 3 aromatic rings. The van der Waals surface area contributed by atoms with Crippen molar-refractivity contribution < 1.29 is 18.0 Å². The first-order chi connectivity index (χ1) is 12.9. The van der Waals surface area contributed by atoms with Gasteiger partial charge in [0, 0.05) is 11.1 Å². The van der Waals surface area contributed by atoms with Gasteiger partial charge in [-0.25, -0.2) is 4.98 Å². The summed E-state index contributed by atoms with van der Waals surface area (Å²) < 4.78 is 39.5. The summed E-state index contributed by atoms with van der Waals surface area (Å²) in [7, 11) is 0. The van der Waals surface area contributed by atoms with Gasteiger partial charge in [0.25, 0.3) is 5.91 Å². The topological polar surface area (TPSA) is 42.0 Å². The summed E-state index contributed by atoms with van der Waals surface area (Å²) in [4.78, 5) is 17.1. The van der Waals surface area contributed by atoms with E-state index in [0.717, 1.165) is 27.8 Å². The standard InChI is InChI=1S/C19H15F3N2OS2/c1-2-26-18-23-15(12-7-4-3-5-8-12)17(27-18)24-16(25)13-9-6-10-14(11-13)19(20,21)22/h3-11H,2H2,1H3,(H,24,25). The summed E-state index contributed by atoms with van der Waals surface area (Å²) in [6, 6.07) is 13.7. The van der Waals surface area contributed by atoms with E-state index in [1.807, 2.05) is 37.3 Å². The quantitative estimate of drug-likeness (QED) is 0.512. The van der Waals surface area contributed by atoms with Gasteiger partial charge in [-0.15, -0.1) is 0 Å². The molecule has 0 aliphatic carbocycles. The molecule has 3 rings (SSSR count). The summed E-state index contributed by atoms with van der Waals surface area (Å²) in [5, 5.41) is 3.23. The molecule has 0 aliphatic heterocycles. The third-order valence-corrected chi connectivity index (χ3v) is 5.60. The van der Waals surface area contributed by atoms with Crippen LogP contribution in [0.5, 0.6) is 0 Å². The van der Waals surface area contributed by atoms with E-state index < -0.39 is 17.6 Å². The fraction of sp³-hybridized carbons (Fsp3) is 0.158. The molecule has 140 valence electrons. The number of aromatic nitrogens is 1. The van der Waals surface area contributed by atoms with Crippen LogP contribution in [0.4, 0.5) is 18.2 Å². The Morgan fingerprint density at radius 2 is 1.89 bits per heavy atom. The van der Waals surface area contributed by atoms with E-state index in [-0.39, 0.29) is 5.56 Å². The molecule has 0 bridgehead atoms. The molecule has 3 nitrogen and oxygen atoms in total. The number of carbonyl (C=O) groups excluding carboxylic acids is 1. The van der Waals surface area contributed by atoms with E-state index in [0.29, 0.717) is 10.7 Å². The lowest BCUT2D eigenvalue weighted by Gasteiger charge is -2.09. The zero-order valence-corrected chi connectivity index (χ0v) is 15.8. The Balaban J connectivity index is 1.92. The van der Waals surface area contributed by atoms with E-state index in [1.54, 1.807) is 11.8 Å². The van der Waals surface area contributed by atoms with Crippen LogP contribution in [-0.4, -0.2) is 16.6 Å². The number of anilines is 1. The number of rotatable bonds is 5. The number of nitrogens with zero attached hydrogens (tertiary/aromatic N) is 1. The number of nitrogens with one attached hydrogen (secondary N) is 1. The van der Waals surface area contributed by atoms with E-state index in [9.17, 15) is 18.0 Å². The number of halogens is 3. The number of hydrogen-bond donors (Lipinski definition) is 1. The Hall–Kier alpha value is -2.32. The maximum absolute atomic E-state index is 12.9. The van der Waals surface area contributed by atoms with Crippen molar-refractivity contribution in [3.8, 4) is 11.3 Å². The van der Waals surface area contributed by atoms with Crippen LogP contribution in [0.1, 0.15) is 22.8 Å². The second-order valence-electron chi connectivity index (χ2n) is 5.49. The third-order valence-electron chi connectivity index (χ3n) is 3.60. The van der Waals surface area contributed by atoms with E-state index >= 15 is 0 Å². The van der Waals surface area contributed by atoms with Crippen LogP contribution in [0.15, 0.2) is 58.9 Å². The number of hydrogen-bond acceptors (Lipinski definition) is 4. The van der Waals surface area contributed by atoms with Crippen LogP contribution in [0.25, 0.3) is 11.3 Å². The summed E-state index contributed by atoms with van der Waals surface area (Å²) in [6.45, 7) is 2.00. The first-order valence-electron chi connectivity index (χ1n) is 8.06. The zero-order valence-electron chi connectivity index (χ0n) is 14.2. The van der Waals surface area contributed by atoms with E-state index in [1.165, 1.54) is 23.5 Å². The molecule has 1 amide bonds. The number of thiazole rings is 1. The number of carbonyl (C=O) groups is 1. The van der Waals surface area contributed by atoms with Gasteiger partial charge in [0.2, 0.25) is 0 Å². The van der Waals surface area contributed by atoms with Crippen molar-refractivity contribution in [3.63, 3.8) is 0 Å². The molecule has 2 aromatic carbocycles. The van der Waals surface area contributed by atoms with Crippen molar-refractivity contribution in [1.29, 1.82) is 0 Å². The maximum atomic E-state index is 12.9. The maximum Gasteiger partial charge on any atom is 0.416 e. The SMILES string of the molecule is CCSc1nc(-c2ccccc2)c(NC(=O)c2cccc(C(F)(F)F)c2)s1. The smallest absolute Gasteiger partial charge is 0.312 e. The molecule has 0 spiro atoms. The highest BCUT2D eigenvalue weighted by Gasteiger charge is 2.31. The molecule has 0 aliphatic rings. The Labute approximate surface area is 162 Å². The predicted molar refractivity (Wildman–Crippen MR) is 103 cm³/mol. The molecule has 0 atom stereocenters. The van der Waals surface area contributed by atoms with Crippen LogP contribution < -0.4 is 5.32 Å². The fourth-order valence-electron chi connectivity index (χ4n) is 2.37. The lowest BCUT2D eigenvalue weighted by Crippen LogP contribution is -2.13. The Kier molecular flexibility index (Phi) is 5.86. The Bertz CT molecular complexity index is 940. The van der Waals surface area contributed by atoms with Gasteiger partial charge in [-0.1, -0.05) is 66.4 Å². The molecule has 0 radical (unpaired) electrons. The minimum Gasteiger partial charge on any atom is -0.312 e. The highest BCUT2D eigenvalue weighted by molar-refractivity contribution is 8.01. The molecule has 1 N–H and O–H groups in total. The van der Waals surface area contributed by atoms with Crippen molar-refractivity contribution >= 4 is 34.0 Å². The zero-order chi connectivity index (χ0) is 19.4. The largest absolute Gasteiger partial charge is 0.416 e. The minimum atomic E-state index is -4.50. The van der Waals surface area contributed by atoms with Gasteiger partial charge >= 0.3 is 6.18 Å². The first kappa shape index (κ1) is 19.4. The van der Waals surface area contributed by atoms with Crippen LogP contribution in [-0.2, 0) is 6.18 Å². The average molecular weight is 408 g/mol. The summed E-state index contributed by atoms with van der Waals surface area (Å²) >= 11 is 2.85. The molecule has 27 heavy (non-hydrogen) atoms. The molecule has 1 heterocycles. The summed E-state index contributed by atoms with van der Waals surface area (Å²) in [5.41, 5.74) is 0.528. The number of benzene rings is 2. The highest BCUT2D eigenvalue weighted by atomic mass is 32.2. The van der Waals surface area contributed by atoms with Gasteiger partial charge in [0.05, 0.1) is 5.56 Å². The Morgan fingerprint density at radius 1 is 1.15 bits per heavy atom. The molecule has 0 fully saturated rings. The molecule has 0 unspecified atom stereocenters. The average Bonchev–Trinajstić information content (AvgIpc) is 3.04. The second kappa shape index (κ2) is 8.14.